The molecule has 3 aromatic rings. The second-order valence-electron chi connectivity index (χ2n) is 6.00. The number of fused-ring (bicyclic) bond motifs is 1. The summed E-state index contributed by atoms with van der Waals surface area (Å²) in [4.78, 5) is 18.7. The third-order valence-corrected chi connectivity index (χ3v) is 5.42. The lowest BCUT2D eigenvalue weighted by atomic mass is 10.2. The molecule has 0 saturated heterocycles. The van der Waals surface area contributed by atoms with E-state index in [0.717, 1.165) is 41.7 Å². The van der Waals surface area contributed by atoms with Crippen LogP contribution in [0.2, 0.25) is 0 Å². The van der Waals surface area contributed by atoms with Crippen molar-refractivity contribution < 1.29 is 4.79 Å². The van der Waals surface area contributed by atoms with Crippen molar-refractivity contribution in [2.75, 3.05) is 17.2 Å². The number of aromatic nitrogens is 4. The maximum Gasteiger partial charge on any atom is 0.237 e. The monoisotopic (exact) mass is 365 g/mol. The Bertz CT molecular complexity index is 925. The molecule has 0 aliphatic carbocycles. The normalized spacial score (nSPS) is 13.0. The molecule has 26 heavy (non-hydrogen) atoms. The van der Waals surface area contributed by atoms with E-state index < -0.39 is 0 Å². The number of pyridine rings is 1. The quantitative estimate of drug-likeness (QED) is 0.650. The number of carbonyl (C=O) groups is 1. The Morgan fingerprint density at radius 3 is 2.88 bits per heavy atom. The smallest absolute Gasteiger partial charge is 0.237 e. The Hall–Kier alpha value is -2.67. The topological polar surface area (TPSA) is 63.9 Å². The first-order valence-corrected chi connectivity index (χ1v) is 9.61. The van der Waals surface area contributed by atoms with Crippen molar-refractivity contribution in [3.8, 4) is 11.4 Å². The SMILES string of the molecule is CCn1c(SCC(=O)N2CCc3ccccc32)nnc1-c1cccnc1. The average Bonchev–Trinajstić information content (AvgIpc) is 3.30. The van der Waals surface area contributed by atoms with Gasteiger partial charge in [-0.05, 0) is 37.1 Å². The summed E-state index contributed by atoms with van der Waals surface area (Å²) in [6, 6.07) is 11.9. The number of para-hydroxylation sites is 1. The molecule has 0 fully saturated rings. The van der Waals surface area contributed by atoms with E-state index in [-0.39, 0.29) is 5.91 Å². The third kappa shape index (κ3) is 3.10. The minimum Gasteiger partial charge on any atom is -0.311 e. The third-order valence-electron chi connectivity index (χ3n) is 4.47. The molecule has 1 aliphatic rings. The molecule has 0 bridgehead atoms. The zero-order valence-electron chi connectivity index (χ0n) is 14.5. The van der Waals surface area contributed by atoms with Gasteiger partial charge in [-0.3, -0.25) is 9.78 Å². The Kier molecular flexibility index (Phi) is 4.71. The molecule has 0 spiro atoms. The van der Waals surface area contributed by atoms with Gasteiger partial charge in [0.05, 0.1) is 5.75 Å². The first kappa shape index (κ1) is 16.8. The Morgan fingerprint density at radius 2 is 2.08 bits per heavy atom. The minimum atomic E-state index is 0.105. The zero-order valence-corrected chi connectivity index (χ0v) is 15.3. The fourth-order valence-electron chi connectivity index (χ4n) is 3.19. The van der Waals surface area contributed by atoms with Crippen LogP contribution < -0.4 is 4.90 Å². The highest BCUT2D eigenvalue weighted by molar-refractivity contribution is 7.99. The van der Waals surface area contributed by atoms with Gasteiger partial charge in [-0.25, -0.2) is 0 Å². The number of anilines is 1. The molecular formula is C19H19N5OS. The number of hydrogen-bond acceptors (Lipinski definition) is 5. The lowest BCUT2D eigenvalue weighted by Gasteiger charge is -2.17. The van der Waals surface area contributed by atoms with Crippen molar-refractivity contribution in [1.82, 2.24) is 19.7 Å². The van der Waals surface area contributed by atoms with Gasteiger partial charge in [0.25, 0.3) is 0 Å². The largest absolute Gasteiger partial charge is 0.311 e. The van der Waals surface area contributed by atoms with Crippen LogP contribution in [0, 0.1) is 0 Å². The van der Waals surface area contributed by atoms with Gasteiger partial charge in [0.15, 0.2) is 11.0 Å². The van der Waals surface area contributed by atoms with E-state index >= 15 is 0 Å². The summed E-state index contributed by atoms with van der Waals surface area (Å²) in [7, 11) is 0. The highest BCUT2D eigenvalue weighted by Crippen LogP contribution is 2.29. The standard InChI is InChI=1S/C19H19N5OS/c1-2-23-18(15-7-5-10-20-12-15)21-22-19(23)26-13-17(25)24-11-9-14-6-3-4-8-16(14)24/h3-8,10,12H,2,9,11,13H2,1H3. The number of thioether (sulfide) groups is 1. The second-order valence-corrected chi connectivity index (χ2v) is 6.95. The number of rotatable bonds is 5. The number of carbonyl (C=O) groups excluding carboxylic acids is 1. The first-order chi connectivity index (χ1) is 12.8. The number of nitrogens with zero attached hydrogens (tertiary/aromatic N) is 5. The van der Waals surface area contributed by atoms with Crippen LogP contribution in [0.5, 0.6) is 0 Å². The molecule has 0 radical (unpaired) electrons. The van der Waals surface area contributed by atoms with Crippen LogP contribution in [0.3, 0.4) is 0 Å². The molecule has 3 heterocycles. The van der Waals surface area contributed by atoms with Crippen LogP contribution in [0.25, 0.3) is 11.4 Å². The highest BCUT2D eigenvalue weighted by atomic mass is 32.2. The van der Waals surface area contributed by atoms with Crippen LogP contribution in [0.1, 0.15) is 12.5 Å². The summed E-state index contributed by atoms with van der Waals surface area (Å²) >= 11 is 1.43. The molecule has 4 rings (SSSR count). The predicted molar refractivity (Wildman–Crippen MR) is 102 cm³/mol. The average molecular weight is 365 g/mol. The lowest BCUT2D eigenvalue weighted by Crippen LogP contribution is -2.30. The predicted octanol–water partition coefficient (Wildman–Crippen LogP) is 3.04. The first-order valence-electron chi connectivity index (χ1n) is 8.62. The van der Waals surface area contributed by atoms with Gasteiger partial charge in [0.2, 0.25) is 5.91 Å². The summed E-state index contributed by atoms with van der Waals surface area (Å²) < 4.78 is 2.02. The summed E-state index contributed by atoms with van der Waals surface area (Å²) in [6.07, 6.45) is 4.43. The van der Waals surface area contributed by atoms with Gasteiger partial charge in [-0.1, -0.05) is 30.0 Å². The van der Waals surface area contributed by atoms with Crippen molar-refractivity contribution in [3.05, 3.63) is 54.4 Å². The van der Waals surface area contributed by atoms with Crippen molar-refractivity contribution in [2.45, 2.75) is 25.0 Å². The lowest BCUT2D eigenvalue weighted by molar-refractivity contribution is -0.116. The number of benzene rings is 1. The summed E-state index contributed by atoms with van der Waals surface area (Å²) in [5.41, 5.74) is 3.20. The summed E-state index contributed by atoms with van der Waals surface area (Å²) in [5.74, 6) is 1.23. The van der Waals surface area contributed by atoms with Gasteiger partial charge in [0.1, 0.15) is 0 Å². The van der Waals surface area contributed by atoms with Gasteiger partial charge in [0, 0.05) is 36.7 Å². The molecule has 0 atom stereocenters. The molecule has 2 aromatic heterocycles. The molecule has 7 heteroatoms. The van der Waals surface area contributed by atoms with Crippen molar-refractivity contribution >= 4 is 23.4 Å². The van der Waals surface area contributed by atoms with Crippen LogP contribution >= 0.6 is 11.8 Å². The molecule has 1 aromatic carbocycles. The van der Waals surface area contributed by atoms with Crippen molar-refractivity contribution in [2.24, 2.45) is 0 Å². The number of amides is 1. The molecule has 1 amide bonds. The molecular weight excluding hydrogens is 346 g/mol. The summed E-state index contributed by atoms with van der Waals surface area (Å²) in [5, 5.41) is 9.34. The van der Waals surface area contributed by atoms with E-state index in [0.29, 0.717) is 5.75 Å². The molecule has 0 saturated carbocycles. The van der Waals surface area contributed by atoms with E-state index in [4.69, 9.17) is 0 Å². The zero-order chi connectivity index (χ0) is 17.9. The fourth-order valence-corrected chi connectivity index (χ4v) is 4.07. The van der Waals surface area contributed by atoms with Gasteiger partial charge in [-0.2, -0.15) is 0 Å². The van der Waals surface area contributed by atoms with E-state index in [1.165, 1.54) is 17.3 Å². The van der Waals surface area contributed by atoms with E-state index in [1.807, 2.05) is 46.7 Å². The second kappa shape index (κ2) is 7.29. The van der Waals surface area contributed by atoms with Crippen LogP contribution in [0.4, 0.5) is 5.69 Å². The Morgan fingerprint density at radius 1 is 1.19 bits per heavy atom. The highest BCUT2D eigenvalue weighted by Gasteiger charge is 2.24. The van der Waals surface area contributed by atoms with E-state index in [9.17, 15) is 4.79 Å². The molecule has 0 unspecified atom stereocenters. The Labute approximate surface area is 156 Å². The van der Waals surface area contributed by atoms with E-state index in [1.54, 1.807) is 12.4 Å². The van der Waals surface area contributed by atoms with Crippen molar-refractivity contribution in [3.63, 3.8) is 0 Å². The molecule has 0 N–H and O–H groups in total. The maximum atomic E-state index is 12.7. The molecule has 132 valence electrons. The molecule has 1 aliphatic heterocycles. The van der Waals surface area contributed by atoms with Crippen LogP contribution in [0.15, 0.2) is 53.9 Å². The summed E-state index contributed by atoms with van der Waals surface area (Å²) in [6.45, 7) is 3.53. The van der Waals surface area contributed by atoms with Gasteiger partial charge in [-0.15, -0.1) is 10.2 Å². The van der Waals surface area contributed by atoms with Crippen molar-refractivity contribution in [1.29, 1.82) is 0 Å². The molecule has 6 nitrogen and oxygen atoms in total. The number of hydrogen-bond donors (Lipinski definition) is 0. The Balaban J connectivity index is 1.49. The van der Waals surface area contributed by atoms with Gasteiger partial charge < -0.3 is 9.47 Å². The minimum absolute atomic E-state index is 0.105. The maximum absolute atomic E-state index is 12.7. The van der Waals surface area contributed by atoms with Gasteiger partial charge >= 0.3 is 0 Å². The van der Waals surface area contributed by atoms with E-state index in [2.05, 4.69) is 21.2 Å². The fraction of sp³-hybridized carbons (Fsp3) is 0.263. The van der Waals surface area contributed by atoms with Crippen LogP contribution in [-0.2, 0) is 17.8 Å². The van der Waals surface area contributed by atoms with Crippen LogP contribution in [-0.4, -0.2) is 38.0 Å².